The molecule has 0 fully saturated rings. The Morgan fingerprint density at radius 3 is 2.71 bits per heavy atom. The predicted molar refractivity (Wildman–Crippen MR) is 65.5 cm³/mol. The molecule has 0 aliphatic carbocycles. The van der Waals surface area contributed by atoms with E-state index < -0.39 is 12.1 Å². The Morgan fingerprint density at radius 1 is 1.24 bits per heavy atom. The molecule has 17 heavy (non-hydrogen) atoms. The van der Waals surface area contributed by atoms with Crippen LogP contribution in [-0.4, -0.2) is 18.2 Å². The molecule has 0 saturated heterocycles. The van der Waals surface area contributed by atoms with Gasteiger partial charge in [0.1, 0.15) is 0 Å². The van der Waals surface area contributed by atoms with E-state index in [9.17, 15) is 9.90 Å². The summed E-state index contributed by atoms with van der Waals surface area (Å²) < 4.78 is 4.56. The maximum Gasteiger partial charge on any atom is 0.308 e. The van der Waals surface area contributed by atoms with Crippen molar-refractivity contribution >= 4 is 16.7 Å². The zero-order chi connectivity index (χ0) is 12.3. The first-order valence-electron chi connectivity index (χ1n) is 5.45. The summed E-state index contributed by atoms with van der Waals surface area (Å²) >= 11 is 0. The number of aliphatic hydroxyl groups excluding tert-OH is 1. The minimum Gasteiger partial charge on any atom is -0.469 e. The van der Waals surface area contributed by atoms with Crippen molar-refractivity contribution in [3.8, 4) is 0 Å². The molecule has 0 spiro atoms. The lowest BCUT2D eigenvalue weighted by Gasteiger charge is -2.12. The summed E-state index contributed by atoms with van der Waals surface area (Å²) in [6.07, 6.45) is -0.849. The van der Waals surface area contributed by atoms with Gasteiger partial charge >= 0.3 is 5.97 Å². The van der Waals surface area contributed by atoms with Crippen molar-refractivity contribution in [2.24, 2.45) is 0 Å². The SMILES string of the molecule is COC(=O)C[C@@H](O)c1cccc2ccccc12. The van der Waals surface area contributed by atoms with E-state index >= 15 is 0 Å². The van der Waals surface area contributed by atoms with E-state index in [1.807, 2.05) is 42.5 Å². The molecule has 0 heterocycles. The molecular weight excluding hydrogens is 216 g/mol. The molecular formula is C14H14O3. The Labute approximate surface area is 99.6 Å². The van der Waals surface area contributed by atoms with Gasteiger partial charge in [0.2, 0.25) is 0 Å². The third kappa shape index (κ3) is 2.45. The number of aliphatic hydroxyl groups is 1. The third-order valence-corrected chi connectivity index (χ3v) is 2.77. The smallest absolute Gasteiger partial charge is 0.308 e. The van der Waals surface area contributed by atoms with Crippen molar-refractivity contribution in [3.05, 3.63) is 48.0 Å². The molecule has 0 unspecified atom stereocenters. The largest absolute Gasteiger partial charge is 0.469 e. The number of benzene rings is 2. The van der Waals surface area contributed by atoms with Gasteiger partial charge in [0.15, 0.2) is 0 Å². The van der Waals surface area contributed by atoms with Gasteiger partial charge in [-0.05, 0) is 16.3 Å². The first-order chi connectivity index (χ1) is 8.22. The number of hydrogen-bond donors (Lipinski definition) is 1. The number of hydrogen-bond acceptors (Lipinski definition) is 3. The lowest BCUT2D eigenvalue weighted by molar-refractivity contribution is -0.142. The maximum absolute atomic E-state index is 11.1. The van der Waals surface area contributed by atoms with Gasteiger partial charge in [0.25, 0.3) is 0 Å². The van der Waals surface area contributed by atoms with Crippen LogP contribution in [0.15, 0.2) is 42.5 Å². The molecule has 1 atom stereocenters. The van der Waals surface area contributed by atoms with Crippen molar-refractivity contribution in [1.29, 1.82) is 0 Å². The fourth-order valence-corrected chi connectivity index (χ4v) is 1.89. The Hall–Kier alpha value is -1.87. The zero-order valence-corrected chi connectivity index (χ0v) is 9.59. The highest BCUT2D eigenvalue weighted by Gasteiger charge is 2.15. The van der Waals surface area contributed by atoms with Crippen LogP contribution in [0.25, 0.3) is 10.8 Å². The lowest BCUT2D eigenvalue weighted by Crippen LogP contribution is -2.08. The van der Waals surface area contributed by atoms with E-state index in [1.165, 1.54) is 7.11 Å². The molecule has 0 saturated carbocycles. The summed E-state index contributed by atoms with van der Waals surface area (Å²) in [4.78, 5) is 11.1. The molecule has 3 heteroatoms. The Bertz CT molecular complexity index is 528. The molecule has 0 radical (unpaired) electrons. The molecule has 2 aromatic carbocycles. The number of ether oxygens (including phenoxy) is 1. The van der Waals surface area contributed by atoms with Crippen molar-refractivity contribution in [1.82, 2.24) is 0 Å². The van der Waals surface area contributed by atoms with E-state index in [0.717, 1.165) is 16.3 Å². The van der Waals surface area contributed by atoms with Gasteiger partial charge in [-0.2, -0.15) is 0 Å². The summed E-state index contributed by atoms with van der Waals surface area (Å²) in [7, 11) is 1.32. The molecule has 0 bridgehead atoms. The molecule has 3 nitrogen and oxygen atoms in total. The van der Waals surface area contributed by atoms with Crippen LogP contribution in [0, 0.1) is 0 Å². The highest BCUT2D eigenvalue weighted by Crippen LogP contribution is 2.26. The van der Waals surface area contributed by atoms with Crippen LogP contribution >= 0.6 is 0 Å². The van der Waals surface area contributed by atoms with Gasteiger partial charge in [-0.15, -0.1) is 0 Å². The standard InChI is InChI=1S/C14H14O3/c1-17-14(16)9-13(15)12-8-4-6-10-5-2-3-7-11(10)12/h2-8,13,15H,9H2,1H3/t13-/m1/s1. The summed E-state index contributed by atoms with van der Waals surface area (Å²) in [5, 5.41) is 12.0. The van der Waals surface area contributed by atoms with Crippen LogP contribution in [0.1, 0.15) is 18.1 Å². The third-order valence-electron chi connectivity index (χ3n) is 2.77. The fraction of sp³-hybridized carbons (Fsp3) is 0.214. The van der Waals surface area contributed by atoms with Gasteiger partial charge in [-0.3, -0.25) is 4.79 Å². The summed E-state index contributed by atoms with van der Waals surface area (Å²) in [6, 6.07) is 13.4. The first kappa shape index (κ1) is 11.6. The monoisotopic (exact) mass is 230 g/mol. The molecule has 0 amide bonds. The summed E-state index contributed by atoms with van der Waals surface area (Å²) in [5.74, 6) is -0.412. The van der Waals surface area contributed by atoms with Gasteiger partial charge in [-0.1, -0.05) is 42.5 Å². The van der Waals surface area contributed by atoms with Crippen molar-refractivity contribution in [2.75, 3.05) is 7.11 Å². The molecule has 2 rings (SSSR count). The van der Waals surface area contributed by atoms with Crippen molar-refractivity contribution < 1.29 is 14.6 Å². The second-order valence-corrected chi connectivity index (χ2v) is 3.86. The minimum absolute atomic E-state index is 0.0233. The number of carbonyl (C=O) groups excluding carboxylic acids is 1. The van der Waals surface area contributed by atoms with Crippen LogP contribution in [0.5, 0.6) is 0 Å². The van der Waals surface area contributed by atoms with E-state index in [-0.39, 0.29) is 6.42 Å². The van der Waals surface area contributed by atoms with Crippen LogP contribution in [0.4, 0.5) is 0 Å². The lowest BCUT2D eigenvalue weighted by atomic mass is 9.99. The number of methoxy groups -OCH3 is 1. The maximum atomic E-state index is 11.1. The normalized spacial score (nSPS) is 12.4. The first-order valence-corrected chi connectivity index (χ1v) is 5.45. The second kappa shape index (κ2) is 4.97. The zero-order valence-electron chi connectivity index (χ0n) is 9.59. The quantitative estimate of drug-likeness (QED) is 0.824. The molecule has 1 N–H and O–H groups in total. The topological polar surface area (TPSA) is 46.5 Å². The number of fused-ring (bicyclic) bond motifs is 1. The number of carbonyl (C=O) groups is 1. The Balaban J connectivity index is 2.38. The predicted octanol–water partition coefficient (Wildman–Crippen LogP) is 2.44. The minimum atomic E-state index is -0.825. The van der Waals surface area contributed by atoms with Crippen molar-refractivity contribution in [2.45, 2.75) is 12.5 Å². The number of rotatable bonds is 3. The van der Waals surface area contributed by atoms with Crippen LogP contribution in [0.3, 0.4) is 0 Å². The van der Waals surface area contributed by atoms with Gasteiger partial charge in [0, 0.05) is 0 Å². The number of esters is 1. The average molecular weight is 230 g/mol. The van der Waals surface area contributed by atoms with Gasteiger partial charge < -0.3 is 9.84 Å². The van der Waals surface area contributed by atoms with Gasteiger partial charge in [-0.25, -0.2) is 0 Å². The second-order valence-electron chi connectivity index (χ2n) is 3.86. The Kier molecular flexibility index (Phi) is 3.40. The molecule has 0 aromatic heterocycles. The molecule has 2 aromatic rings. The molecule has 0 aliphatic rings. The van der Waals surface area contributed by atoms with Gasteiger partial charge in [0.05, 0.1) is 19.6 Å². The van der Waals surface area contributed by atoms with Crippen LogP contribution < -0.4 is 0 Å². The van der Waals surface area contributed by atoms with E-state index in [1.54, 1.807) is 0 Å². The van der Waals surface area contributed by atoms with E-state index in [2.05, 4.69) is 4.74 Å². The van der Waals surface area contributed by atoms with Crippen molar-refractivity contribution in [3.63, 3.8) is 0 Å². The fourth-order valence-electron chi connectivity index (χ4n) is 1.89. The van der Waals surface area contributed by atoms with E-state index in [4.69, 9.17) is 0 Å². The molecule has 88 valence electrons. The highest BCUT2D eigenvalue weighted by molar-refractivity contribution is 5.86. The Morgan fingerprint density at radius 2 is 1.94 bits per heavy atom. The summed E-state index contributed by atoms with van der Waals surface area (Å²) in [5.41, 5.74) is 0.758. The van der Waals surface area contributed by atoms with Crippen LogP contribution in [-0.2, 0) is 9.53 Å². The highest BCUT2D eigenvalue weighted by atomic mass is 16.5. The molecule has 0 aliphatic heterocycles. The van der Waals surface area contributed by atoms with E-state index in [0.29, 0.717) is 0 Å². The summed E-state index contributed by atoms with van der Waals surface area (Å²) in [6.45, 7) is 0. The average Bonchev–Trinajstić information content (AvgIpc) is 2.37. The van der Waals surface area contributed by atoms with Crippen LogP contribution in [0.2, 0.25) is 0 Å².